The van der Waals surface area contributed by atoms with Crippen LogP contribution in [0.1, 0.15) is 34.2 Å². The van der Waals surface area contributed by atoms with Gasteiger partial charge in [-0.3, -0.25) is 0 Å². The van der Waals surface area contributed by atoms with Crippen molar-refractivity contribution in [2.45, 2.75) is 11.8 Å². The fourth-order valence-electron chi connectivity index (χ4n) is 4.95. The van der Waals surface area contributed by atoms with E-state index in [9.17, 15) is 5.26 Å². The zero-order valence-electron chi connectivity index (χ0n) is 20.1. The molecule has 0 aromatic heterocycles. The molecule has 0 atom stereocenters. The van der Waals surface area contributed by atoms with E-state index in [1.54, 1.807) is 0 Å². The van der Waals surface area contributed by atoms with E-state index >= 15 is 0 Å². The Hall–Kier alpha value is -4.67. The summed E-state index contributed by atoms with van der Waals surface area (Å²) >= 11 is 0. The van der Waals surface area contributed by atoms with E-state index in [2.05, 4.69) is 103 Å². The van der Waals surface area contributed by atoms with Crippen LogP contribution in [0.2, 0.25) is 0 Å². The third kappa shape index (κ3) is 4.63. The number of benzene rings is 5. The molecular formula is C35H27N. The lowest BCUT2D eigenvalue weighted by Gasteiger charge is -2.31. The average Bonchev–Trinajstić information content (AvgIpc) is 2.98. The van der Waals surface area contributed by atoms with E-state index in [0.29, 0.717) is 6.42 Å². The van der Waals surface area contributed by atoms with Crippen molar-refractivity contribution >= 4 is 11.1 Å². The van der Waals surface area contributed by atoms with Crippen LogP contribution in [0.3, 0.4) is 0 Å². The van der Waals surface area contributed by atoms with E-state index in [0.717, 1.165) is 39.0 Å². The van der Waals surface area contributed by atoms with Gasteiger partial charge in [-0.05, 0) is 39.0 Å². The number of hydrogen-bond acceptors (Lipinski definition) is 1. The standard InChI is InChI=1S/C35H27N/c36-27-35(31-22-12-4-13-23-31,32-24-14-5-15-25-32)26-33(28-16-6-1-7-17-28)34(29-18-8-2-9-19-29)30-20-10-3-11-21-30/h1-25H,26H2. The van der Waals surface area contributed by atoms with Crippen LogP contribution in [-0.2, 0) is 5.41 Å². The second kappa shape index (κ2) is 10.7. The highest BCUT2D eigenvalue weighted by Crippen LogP contribution is 2.44. The Labute approximate surface area is 213 Å². The summed E-state index contributed by atoms with van der Waals surface area (Å²) in [7, 11) is 0. The van der Waals surface area contributed by atoms with Gasteiger partial charge in [0.2, 0.25) is 0 Å². The van der Waals surface area contributed by atoms with Crippen molar-refractivity contribution < 1.29 is 0 Å². The Bertz CT molecular complexity index is 1380. The normalized spacial score (nSPS) is 10.9. The molecule has 5 aromatic rings. The molecule has 1 nitrogen and oxygen atoms in total. The summed E-state index contributed by atoms with van der Waals surface area (Å²) in [6.07, 6.45) is 0.528. The molecule has 0 aliphatic rings. The van der Waals surface area contributed by atoms with Crippen molar-refractivity contribution in [1.29, 1.82) is 5.26 Å². The molecule has 5 aromatic carbocycles. The summed E-state index contributed by atoms with van der Waals surface area (Å²) in [5.74, 6) is 0. The lowest BCUT2D eigenvalue weighted by molar-refractivity contribution is 0.679. The van der Waals surface area contributed by atoms with Crippen LogP contribution in [0.25, 0.3) is 11.1 Å². The number of rotatable bonds is 7. The SMILES string of the molecule is N#CC(CC(=C(c1ccccc1)c1ccccc1)c1ccccc1)(c1ccccc1)c1ccccc1. The zero-order valence-corrected chi connectivity index (χ0v) is 20.1. The summed E-state index contributed by atoms with van der Waals surface area (Å²) in [6.45, 7) is 0. The van der Waals surface area contributed by atoms with Gasteiger partial charge < -0.3 is 0 Å². The van der Waals surface area contributed by atoms with Gasteiger partial charge >= 0.3 is 0 Å². The molecule has 0 saturated carbocycles. The fraction of sp³-hybridized carbons (Fsp3) is 0.0571. The summed E-state index contributed by atoms with van der Waals surface area (Å²) in [4.78, 5) is 0. The second-order valence-corrected chi connectivity index (χ2v) is 8.88. The van der Waals surface area contributed by atoms with Crippen LogP contribution in [-0.4, -0.2) is 0 Å². The maximum atomic E-state index is 10.9. The molecule has 0 amide bonds. The molecular weight excluding hydrogens is 434 g/mol. The zero-order chi connectivity index (χ0) is 24.6. The van der Waals surface area contributed by atoms with Crippen molar-refractivity contribution in [2.24, 2.45) is 0 Å². The van der Waals surface area contributed by atoms with Gasteiger partial charge in [-0.25, -0.2) is 0 Å². The minimum absolute atomic E-state index is 0.528. The number of allylic oxidation sites excluding steroid dienone is 1. The quantitative estimate of drug-likeness (QED) is 0.223. The van der Waals surface area contributed by atoms with Crippen molar-refractivity contribution in [3.8, 4) is 6.07 Å². The average molecular weight is 462 g/mol. The maximum Gasteiger partial charge on any atom is 0.111 e. The van der Waals surface area contributed by atoms with Crippen molar-refractivity contribution in [3.63, 3.8) is 0 Å². The number of nitrogens with zero attached hydrogens (tertiary/aromatic N) is 1. The first-order chi connectivity index (χ1) is 17.8. The molecule has 0 fully saturated rings. The van der Waals surface area contributed by atoms with Crippen LogP contribution in [0.5, 0.6) is 0 Å². The van der Waals surface area contributed by atoms with Gasteiger partial charge in [0.15, 0.2) is 0 Å². The van der Waals surface area contributed by atoms with Gasteiger partial charge in [-0.15, -0.1) is 0 Å². The Morgan fingerprint density at radius 3 is 1.17 bits per heavy atom. The van der Waals surface area contributed by atoms with Crippen molar-refractivity contribution in [1.82, 2.24) is 0 Å². The first-order valence-electron chi connectivity index (χ1n) is 12.2. The van der Waals surface area contributed by atoms with Gasteiger partial charge in [0.05, 0.1) is 6.07 Å². The molecule has 172 valence electrons. The number of hydrogen-bond donors (Lipinski definition) is 0. The van der Waals surface area contributed by atoms with Gasteiger partial charge in [-0.2, -0.15) is 5.26 Å². The van der Waals surface area contributed by atoms with Crippen LogP contribution in [0.4, 0.5) is 0 Å². The Morgan fingerprint density at radius 2 is 0.806 bits per heavy atom. The minimum atomic E-state index is -0.859. The molecule has 1 heteroatoms. The predicted molar refractivity (Wildman–Crippen MR) is 149 cm³/mol. The lowest BCUT2D eigenvalue weighted by atomic mass is 9.69. The molecule has 0 heterocycles. The van der Waals surface area contributed by atoms with E-state index in [-0.39, 0.29) is 0 Å². The largest absolute Gasteiger partial charge is 0.197 e. The molecule has 0 radical (unpaired) electrons. The summed E-state index contributed by atoms with van der Waals surface area (Å²) in [6, 6.07) is 54.7. The lowest BCUT2D eigenvalue weighted by Crippen LogP contribution is -2.26. The second-order valence-electron chi connectivity index (χ2n) is 8.88. The number of nitriles is 1. The predicted octanol–water partition coefficient (Wildman–Crippen LogP) is 8.55. The third-order valence-corrected chi connectivity index (χ3v) is 6.71. The first-order valence-corrected chi connectivity index (χ1v) is 12.2. The summed E-state index contributed by atoms with van der Waals surface area (Å²) < 4.78 is 0. The maximum absolute atomic E-state index is 10.9. The Balaban J connectivity index is 1.84. The highest BCUT2D eigenvalue weighted by Gasteiger charge is 2.36. The Morgan fingerprint density at radius 1 is 0.472 bits per heavy atom. The third-order valence-electron chi connectivity index (χ3n) is 6.71. The monoisotopic (exact) mass is 461 g/mol. The van der Waals surface area contributed by atoms with E-state index < -0.39 is 5.41 Å². The van der Waals surface area contributed by atoms with Gasteiger partial charge in [0.25, 0.3) is 0 Å². The van der Waals surface area contributed by atoms with Gasteiger partial charge in [-0.1, -0.05) is 152 Å². The summed E-state index contributed by atoms with van der Waals surface area (Å²) in [5, 5.41) is 10.9. The molecule has 0 aliphatic carbocycles. The minimum Gasteiger partial charge on any atom is -0.197 e. The van der Waals surface area contributed by atoms with Gasteiger partial charge in [0, 0.05) is 6.42 Å². The highest BCUT2D eigenvalue weighted by atomic mass is 14.4. The van der Waals surface area contributed by atoms with Crippen LogP contribution < -0.4 is 0 Å². The highest BCUT2D eigenvalue weighted by molar-refractivity contribution is 5.99. The molecule has 0 bridgehead atoms. The van der Waals surface area contributed by atoms with Crippen molar-refractivity contribution in [2.75, 3.05) is 0 Å². The van der Waals surface area contributed by atoms with Crippen LogP contribution in [0.15, 0.2) is 152 Å². The molecule has 0 saturated heterocycles. The topological polar surface area (TPSA) is 23.8 Å². The molecule has 0 spiro atoms. The van der Waals surface area contributed by atoms with E-state index in [4.69, 9.17) is 0 Å². The van der Waals surface area contributed by atoms with E-state index in [1.807, 2.05) is 54.6 Å². The van der Waals surface area contributed by atoms with E-state index in [1.165, 1.54) is 0 Å². The molecule has 0 aliphatic heterocycles. The van der Waals surface area contributed by atoms with Crippen molar-refractivity contribution in [3.05, 3.63) is 179 Å². The fourth-order valence-corrected chi connectivity index (χ4v) is 4.95. The molecule has 36 heavy (non-hydrogen) atoms. The van der Waals surface area contributed by atoms with Crippen LogP contribution >= 0.6 is 0 Å². The molecule has 0 N–H and O–H groups in total. The van der Waals surface area contributed by atoms with Gasteiger partial charge in [0.1, 0.15) is 5.41 Å². The molecule has 0 unspecified atom stereocenters. The summed E-state index contributed by atoms with van der Waals surface area (Å²) in [5.41, 5.74) is 6.80. The molecule has 5 rings (SSSR count). The smallest absolute Gasteiger partial charge is 0.111 e. The van der Waals surface area contributed by atoms with Crippen LogP contribution in [0, 0.1) is 11.3 Å². The first kappa shape index (κ1) is 23.1. The Kier molecular flexibility index (Phi) is 6.88.